The minimum Gasteiger partial charge on any atom is -0.481 e. The maximum atomic E-state index is 10.4. The molecule has 0 saturated heterocycles. The van der Waals surface area contributed by atoms with Crippen LogP contribution in [0.4, 0.5) is 0 Å². The van der Waals surface area contributed by atoms with Gasteiger partial charge in [0.25, 0.3) is 0 Å². The third kappa shape index (κ3) is 17.2. The van der Waals surface area contributed by atoms with Crippen molar-refractivity contribution in [3.63, 3.8) is 0 Å². The van der Waals surface area contributed by atoms with Gasteiger partial charge >= 0.3 is 5.97 Å². The summed E-state index contributed by atoms with van der Waals surface area (Å²) in [6.07, 6.45) is 15.9. The second kappa shape index (κ2) is 18.6. The first kappa shape index (κ1) is 25.6. The summed E-state index contributed by atoms with van der Waals surface area (Å²) in [6.45, 7) is 1.59. The molecule has 1 aromatic carbocycles. The summed E-state index contributed by atoms with van der Waals surface area (Å²) in [7, 11) is 0. The fourth-order valence-corrected chi connectivity index (χ4v) is 3.55. The number of aliphatic carboxylic acids is 1. The van der Waals surface area contributed by atoms with Crippen LogP contribution in [0.1, 0.15) is 102 Å². The normalized spacial score (nSPS) is 12.2. The lowest BCUT2D eigenvalue weighted by Gasteiger charge is -2.08. The van der Waals surface area contributed by atoms with Gasteiger partial charge in [0.05, 0.1) is 12.7 Å². The van der Waals surface area contributed by atoms with E-state index in [2.05, 4.69) is 24.3 Å². The molecule has 0 spiro atoms. The molecule has 29 heavy (non-hydrogen) atoms. The van der Waals surface area contributed by atoms with Crippen molar-refractivity contribution in [2.75, 3.05) is 6.61 Å². The predicted octanol–water partition coefficient (Wildman–Crippen LogP) is 6.50. The number of carbonyl (C=O) groups is 1. The van der Waals surface area contributed by atoms with E-state index in [-0.39, 0.29) is 6.42 Å². The largest absolute Gasteiger partial charge is 0.481 e. The van der Waals surface area contributed by atoms with Gasteiger partial charge in [-0.15, -0.1) is 0 Å². The molecule has 0 fully saturated rings. The minimum absolute atomic E-state index is 0.0726. The summed E-state index contributed by atoms with van der Waals surface area (Å²) in [4.78, 5) is 10.4. The van der Waals surface area contributed by atoms with Gasteiger partial charge in [-0.1, -0.05) is 101 Å². The van der Waals surface area contributed by atoms with Crippen molar-refractivity contribution in [1.82, 2.24) is 0 Å². The average molecular weight is 407 g/mol. The highest BCUT2D eigenvalue weighted by molar-refractivity contribution is 5.66. The standard InChI is InChI=1S/C25H42O4/c26-24(19-20-25(27)28)18-14-9-7-5-3-1-2-4-6-8-10-15-21-29-22-23-16-12-11-13-17-23/h11-13,16-17,24,26H,1-10,14-15,18-22H2,(H,27,28). The van der Waals surface area contributed by atoms with Crippen LogP contribution in [-0.2, 0) is 16.1 Å². The van der Waals surface area contributed by atoms with E-state index >= 15 is 0 Å². The van der Waals surface area contributed by atoms with Gasteiger partial charge in [-0.05, 0) is 24.8 Å². The number of benzene rings is 1. The van der Waals surface area contributed by atoms with E-state index in [0.717, 1.165) is 38.9 Å². The fourth-order valence-electron chi connectivity index (χ4n) is 3.55. The molecule has 4 heteroatoms. The van der Waals surface area contributed by atoms with Crippen molar-refractivity contribution in [2.24, 2.45) is 0 Å². The molecule has 0 aromatic heterocycles. The third-order valence-corrected chi connectivity index (χ3v) is 5.38. The van der Waals surface area contributed by atoms with Crippen LogP contribution in [0.3, 0.4) is 0 Å². The summed E-state index contributed by atoms with van der Waals surface area (Å²) in [5.74, 6) is -0.822. The van der Waals surface area contributed by atoms with E-state index in [1.807, 2.05) is 6.07 Å². The van der Waals surface area contributed by atoms with Gasteiger partial charge < -0.3 is 14.9 Å². The van der Waals surface area contributed by atoms with E-state index in [4.69, 9.17) is 9.84 Å². The van der Waals surface area contributed by atoms with Gasteiger partial charge in [0.1, 0.15) is 0 Å². The van der Waals surface area contributed by atoms with Gasteiger partial charge in [0.2, 0.25) is 0 Å². The Labute approximate surface area is 177 Å². The van der Waals surface area contributed by atoms with Crippen LogP contribution in [0.25, 0.3) is 0 Å². The highest BCUT2D eigenvalue weighted by Gasteiger charge is 2.06. The highest BCUT2D eigenvalue weighted by Crippen LogP contribution is 2.14. The molecular formula is C25H42O4. The molecule has 1 rings (SSSR count). The van der Waals surface area contributed by atoms with Crippen LogP contribution in [0.5, 0.6) is 0 Å². The molecule has 0 bridgehead atoms. The molecule has 1 atom stereocenters. The van der Waals surface area contributed by atoms with Gasteiger partial charge in [-0.2, -0.15) is 0 Å². The topological polar surface area (TPSA) is 66.8 Å². The first-order valence-corrected chi connectivity index (χ1v) is 11.7. The number of carboxylic acid groups (broad SMARTS) is 1. The summed E-state index contributed by atoms with van der Waals surface area (Å²) in [6, 6.07) is 10.4. The smallest absolute Gasteiger partial charge is 0.303 e. The maximum Gasteiger partial charge on any atom is 0.303 e. The molecule has 166 valence electrons. The molecule has 0 radical (unpaired) electrons. The van der Waals surface area contributed by atoms with Crippen molar-refractivity contribution >= 4 is 5.97 Å². The molecular weight excluding hydrogens is 364 g/mol. The van der Waals surface area contributed by atoms with Gasteiger partial charge in [0, 0.05) is 13.0 Å². The SMILES string of the molecule is O=C(O)CCC(O)CCCCCCCCCCCCCCOCc1ccccc1. The second-order valence-corrected chi connectivity index (χ2v) is 8.16. The Morgan fingerprint density at radius 2 is 1.28 bits per heavy atom. The number of hydrogen-bond donors (Lipinski definition) is 2. The van der Waals surface area contributed by atoms with E-state index in [1.54, 1.807) is 0 Å². The minimum atomic E-state index is -0.822. The molecule has 0 heterocycles. The molecule has 1 aromatic rings. The van der Waals surface area contributed by atoms with E-state index in [1.165, 1.54) is 63.4 Å². The Hall–Kier alpha value is -1.39. The first-order chi connectivity index (χ1) is 14.2. The average Bonchev–Trinajstić information content (AvgIpc) is 2.72. The van der Waals surface area contributed by atoms with Crippen molar-refractivity contribution in [3.8, 4) is 0 Å². The Kier molecular flexibility index (Phi) is 16.5. The number of hydrogen-bond acceptors (Lipinski definition) is 3. The van der Waals surface area contributed by atoms with Crippen LogP contribution in [-0.4, -0.2) is 28.9 Å². The molecule has 0 aliphatic heterocycles. The third-order valence-electron chi connectivity index (χ3n) is 5.38. The van der Waals surface area contributed by atoms with E-state index in [0.29, 0.717) is 6.42 Å². The first-order valence-electron chi connectivity index (χ1n) is 11.7. The number of carboxylic acids is 1. The molecule has 0 amide bonds. The fraction of sp³-hybridized carbons (Fsp3) is 0.720. The van der Waals surface area contributed by atoms with Gasteiger partial charge in [-0.25, -0.2) is 0 Å². The molecule has 1 unspecified atom stereocenters. The zero-order valence-electron chi connectivity index (χ0n) is 18.2. The maximum absolute atomic E-state index is 10.4. The number of ether oxygens (including phenoxy) is 1. The number of rotatable bonds is 20. The lowest BCUT2D eigenvalue weighted by Crippen LogP contribution is -2.09. The Balaban J connectivity index is 1.72. The predicted molar refractivity (Wildman–Crippen MR) is 119 cm³/mol. The molecule has 4 nitrogen and oxygen atoms in total. The lowest BCUT2D eigenvalue weighted by atomic mass is 10.0. The van der Waals surface area contributed by atoms with Crippen LogP contribution in [0, 0.1) is 0 Å². The lowest BCUT2D eigenvalue weighted by molar-refractivity contribution is -0.137. The zero-order valence-corrected chi connectivity index (χ0v) is 18.2. The summed E-state index contributed by atoms with van der Waals surface area (Å²) < 4.78 is 5.72. The molecule has 0 aliphatic carbocycles. The Morgan fingerprint density at radius 3 is 1.83 bits per heavy atom. The number of unbranched alkanes of at least 4 members (excludes halogenated alkanes) is 11. The summed E-state index contributed by atoms with van der Waals surface area (Å²) >= 11 is 0. The second-order valence-electron chi connectivity index (χ2n) is 8.16. The molecule has 2 N–H and O–H groups in total. The van der Waals surface area contributed by atoms with Gasteiger partial charge in [-0.3, -0.25) is 4.79 Å². The van der Waals surface area contributed by atoms with Crippen LogP contribution in [0.15, 0.2) is 30.3 Å². The Morgan fingerprint density at radius 1 is 0.759 bits per heavy atom. The molecule has 0 aliphatic rings. The van der Waals surface area contributed by atoms with E-state index < -0.39 is 12.1 Å². The number of aliphatic hydroxyl groups is 1. The Bertz CT molecular complexity index is 489. The quantitative estimate of drug-likeness (QED) is 0.243. The zero-order chi connectivity index (χ0) is 21.0. The molecule has 0 saturated carbocycles. The van der Waals surface area contributed by atoms with Crippen LogP contribution < -0.4 is 0 Å². The van der Waals surface area contributed by atoms with E-state index in [9.17, 15) is 9.90 Å². The monoisotopic (exact) mass is 406 g/mol. The summed E-state index contributed by atoms with van der Waals surface area (Å²) in [5, 5.41) is 18.3. The van der Waals surface area contributed by atoms with Crippen LogP contribution >= 0.6 is 0 Å². The van der Waals surface area contributed by atoms with Gasteiger partial charge in [0.15, 0.2) is 0 Å². The highest BCUT2D eigenvalue weighted by atomic mass is 16.5. The summed E-state index contributed by atoms with van der Waals surface area (Å²) in [5.41, 5.74) is 1.25. The number of aliphatic hydroxyl groups excluding tert-OH is 1. The van der Waals surface area contributed by atoms with Crippen molar-refractivity contribution in [1.29, 1.82) is 0 Å². The van der Waals surface area contributed by atoms with Crippen molar-refractivity contribution < 1.29 is 19.7 Å². The van der Waals surface area contributed by atoms with Crippen molar-refractivity contribution in [3.05, 3.63) is 35.9 Å². The van der Waals surface area contributed by atoms with Crippen LogP contribution in [0.2, 0.25) is 0 Å². The van der Waals surface area contributed by atoms with Crippen molar-refractivity contribution in [2.45, 2.75) is 109 Å².